The van der Waals surface area contributed by atoms with Gasteiger partial charge in [-0.05, 0) is 199 Å². The summed E-state index contributed by atoms with van der Waals surface area (Å²) in [6, 6.07) is 124. The van der Waals surface area contributed by atoms with Gasteiger partial charge < -0.3 is 9.13 Å². The van der Waals surface area contributed by atoms with Crippen molar-refractivity contribution >= 4 is 130 Å². The smallest absolute Gasteiger partial charge is 0.238 e. The Bertz CT molecular complexity index is 7970. The lowest BCUT2D eigenvalue weighted by molar-refractivity contribution is 0.943. The molecule has 24 aromatic rings. The van der Waals surface area contributed by atoms with Crippen LogP contribution in [-0.2, 0) is 0 Å². The molecule has 540 valence electrons. The topological polar surface area (TPSA) is 149 Å². The number of hydrogen-bond donors (Lipinski definition) is 0. The Morgan fingerprint density at radius 3 is 0.888 bits per heavy atom. The van der Waals surface area contributed by atoms with Crippen LogP contribution in [0.3, 0.4) is 0 Å². The molecule has 0 aliphatic heterocycles. The van der Waals surface area contributed by atoms with Crippen LogP contribution in [0.5, 0.6) is 0 Å². The molecule has 0 saturated heterocycles. The van der Waals surface area contributed by atoms with Gasteiger partial charge in [-0.15, -0.1) is 0 Å². The zero-order chi connectivity index (χ0) is 76.3. The van der Waals surface area contributed by atoms with Crippen molar-refractivity contribution in [3.63, 3.8) is 0 Å². The summed E-state index contributed by atoms with van der Waals surface area (Å²) in [5, 5.41) is 19.3. The summed E-state index contributed by atoms with van der Waals surface area (Å²) in [4.78, 5) is 48.1. The van der Waals surface area contributed by atoms with Crippen molar-refractivity contribution in [1.29, 1.82) is 0 Å². The summed E-state index contributed by atoms with van der Waals surface area (Å²) in [5.74, 6) is 2.95. The number of hydrogen-bond acceptors (Lipinski definition) is 10. The van der Waals surface area contributed by atoms with E-state index in [-0.39, 0.29) is 0 Å². The van der Waals surface area contributed by atoms with Crippen molar-refractivity contribution in [1.82, 2.24) is 68.1 Å². The maximum atomic E-state index is 5.03. The molecule has 116 heavy (non-hydrogen) atoms. The van der Waals surface area contributed by atoms with Gasteiger partial charge in [-0.3, -0.25) is 29.1 Å². The molecule has 0 atom stereocenters. The Hall–Kier alpha value is -16.1. The predicted molar refractivity (Wildman–Crippen MR) is 471 cm³/mol. The molecular weight excluding hydrogens is 1420 g/mol. The number of para-hydroxylation sites is 4. The Labute approximate surface area is 662 Å². The highest BCUT2D eigenvalue weighted by molar-refractivity contribution is 6.18. The van der Waals surface area contributed by atoms with E-state index in [0.29, 0.717) is 58.0 Å². The lowest BCUT2D eigenvalue weighted by Crippen LogP contribution is -2.07. The second-order valence-corrected chi connectivity index (χ2v) is 29.1. The second kappa shape index (κ2) is 26.9. The van der Waals surface area contributed by atoms with Crippen LogP contribution in [-0.4, -0.2) is 68.1 Å². The lowest BCUT2D eigenvalue weighted by atomic mass is 9.99. The van der Waals surface area contributed by atoms with E-state index in [4.69, 9.17) is 29.9 Å². The molecule has 24 rings (SSSR count). The van der Waals surface area contributed by atoms with Crippen LogP contribution in [0.4, 0.5) is 0 Å². The number of rotatable bonds is 10. The van der Waals surface area contributed by atoms with Gasteiger partial charge in [0.1, 0.15) is 22.8 Å². The van der Waals surface area contributed by atoms with Gasteiger partial charge in [0, 0.05) is 79.0 Å². The van der Waals surface area contributed by atoms with Crippen LogP contribution in [0, 0.1) is 0 Å². The molecule has 0 radical (unpaired) electrons. The molecule has 10 aromatic heterocycles. The molecule has 14 aromatic carbocycles. The number of fused-ring (bicyclic) bond motifs is 18. The predicted octanol–water partition coefficient (Wildman–Crippen LogP) is 24.3. The largest absolute Gasteiger partial charge is 0.309 e. The number of pyridine rings is 4. The highest BCUT2D eigenvalue weighted by atomic mass is 15.2. The van der Waals surface area contributed by atoms with E-state index in [1.165, 1.54) is 92.4 Å². The van der Waals surface area contributed by atoms with Crippen molar-refractivity contribution in [2.75, 3.05) is 0 Å². The minimum Gasteiger partial charge on any atom is -0.309 e. The van der Waals surface area contributed by atoms with Gasteiger partial charge in [0.25, 0.3) is 0 Å². The molecule has 0 aliphatic carbocycles. The van der Waals surface area contributed by atoms with Gasteiger partial charge in [0.2, 0.25) is 11.9 Å². The number of benzene rings is 14. The van der Waals surface area contributed by atoms with Gasteiger partial charge in [0.05, 0.1) is 49.8 Å². The molecule has 0 aliphatic rings. The van der Waals surface area contributed by atoms with Gasteiger partial charge in [-0.1, -0.05) is 212 Å². The van der Waals surface area contributed by atoms with Crippen LogP contribution < -0.4 is 0 Å². The molecular formula is C102H62N14. The highest BCUT2D eigenvalue weighted by Gasteiger charge is 2.24. The van der Waals surface area contributed by atoms with Gasteiger partial charge in [-0.2, -0.15) is 19.9 Å². The average molecular weight is 1480 g/mol. The highest BCUT2D eigenvalue weighted by Crippen LogP contribution is 2.44. The van der Waals surface area contributed by atoms with E-state index in [2.05, 4.69) is 317 Å². The van der Waals surface area contributed by atoms with Crippen molar-refractivity contribution in [2.45, 2.75) is 0 Å². The maximum Gasteiger partial charge on any atom is 0.238 e. The Balaban J connectivity index is 0.000000137. The fourth-order valence-corrected chi connectivity index (χ4v) is 17.3. The molecule has 0 spiro atoms. The van der Waals surface area contributed by atoms with Crippen LogP contribution in [0.2, 0.25) is 0 Å². The van der Waals surface area contributed by atoms with Crippen molar-refractivity contribution in [3.8, 4) is 91.6 Å². The Kier molecular flexibility index (Phi) is 15.2. The molecule has 0 N–H and O–H groups in total. The fraction of sp³-hybridized carbons (Fsp3) is 0. The summed E-state index contributed by atoms with van der Waals surface area (Å²) in [7, 11) is 0. The van der Waals surface area contributed by atoms with Gasteiger partial charge in [0.15, 0.2) is 23.3 Å². The van der Waals surface area contributed by atoms with E-state index >= 15 is 0 Å². The SMILES string of the molecule is c1ccc(-c2nc(-c3ccccn3)nc(-n3c4ccccc4c4cc(-c5ccc6c(c5)c5ccccc5n6-c5cc6ccccc6c6ccccc56)ccc43)n2)nc1.c1ccc(-c2nc(-c3ccccn3)nc(-n3c4ccccc4c4cc(-c5ccc6c(c5)c5ccccc5n6-c5ccc6ccc7ccccc7c6c5)ccc43)n2)nc1. The Morgan fingerprint density at radius 2 is 0.474 bits per heavy atom. The molecule has 0 bridgehead atoms. The van der Waals surface area contributed by atoms with Crippen LogP contribution >= 0.6 is 0 Å². The van der Waals surface area contributed by atoms with Crippen molar-refractivity contribution in [2.24, 2.45) is 0 Å². The Morgan fingerprint density at radius 1 is 0.172 bits per heavy atom. The minimum atomic E-state index is 0.484. The van der Waals surface area contributed by atoms with Crippen LogP contribution in [0.15, 0.2) is 377 Å². The molecule has 14 heteroatoms. The second-order valence-electron chi connectivity index (χ2n) is 29.1. The van der Waals surface area contributed by atoms with E-state index in [9.17, 15) is 0 Å². The first kappa shape index (κ1) is 65.8. The summed E-state index contributed by atoms with van der Waals surface area (Å²) < 4.78 is 9.09. The van der Waals surface area contributed by atoms with Crippen LogP contribution in [0.25, 0.3) is 222 Å². The molecule has 0 saturated carbocycles. The first-order chi connectivity index (χ1) is 57.5. The zero-order valence-corrected chi connectivity index (χ0v) is 62.1. The number of nitrogens with zero attached hydrogens (tertiary/aromatic N) is 14. The molecule has 0 unspecified atom stereocenters. The average Bonchev–Trinajstić information content (AvgIpc) is 1.58. The normalized spacial score (nSPS) is 11.8. The van der Waals surface area contributed by atoms with E-state index in [1.54, 1.807) is 24.8 Å². The van der Waals surface area contributed by atoms with Gasteiger partial charge in [-0.25, -0.2) is 9.97 Å². The zero-order valence-electron chi connectivity index (χ0n) is 62.1. The summed E-state index contributed by atoms with van der Waals surface area (Å²) in [5.41, 5.74) is 18.2. The number of aromatic nitrogens is 14. The van der Waals surface area contributed by atoms with Gasteiger partial charge >= 0.3 is 0 Å². The monoisotopic (exact) mass is 1480 g/mol. The third kappa shape index (κ3) is 10.9. The van der Waals surface area contributed by atoms with Crippen LogP contribution in [0.1, 0.15) is 0 Å². The molecule has 10 heterocycles. The molecule has 0 amide bonds. The third-order valence-electron chi connectivity index (χ3n) is 22.6. The molecule has 0 fully saturated rings. The summed E-state index contributed by atoms with van der Waals surface area (Å²) >= 11 is 0. The van der Waals surface area contributed by atoms with Crippen molar-refractivity contribution < 1.29 is 0 Å². The minimum absolute atomic E-state index is 0.484. The third-order valence-corrected chi connectivity index (χ3v) is 22.6. The van der Waals surface area contributed by atoms with E-state index in [0.717, 1.165) is 71.6 Å². The lowest BCUT2D eigenvalue weighted by Gasteiger charge is -2.14. The van der Waals surface area contributed by atoms with E-state index in [1.807, 2.05) is 72.8 Å². The standard InChI is InChI=1S/2C51H31N7/c1-2-12-37-32(11-1)19-20-33-21-24-36(31-40(33)37)57-45-17-5-3-13-38(45)41-29-34(22-25-47(41)57)35-23-26-48-42(30-35)39-14-4-6-18-46(39)58(48)51-55-49(43-15-7-9-27-52-43)54-50(56-51)44-16-8-10-28-53-44;1-2-14-35-34(13-1)31-48(37-16-4-3-15-36(35)37)57-44-21-7-5-17-38(44)40-29-32(23-25-46(40)57)33-24-26-47-41(30-33)39-18-6-8-22-45(39)58(47)51-55-49(42-19-9-11-27-52-42)54-50(56-51)43-20-10-12-28-53-43/h2*1-31H. The van der Waals surface area contributed by atoms with E-state index < -0.39 is 0 Å². The first-order valence-electron chi connectivity index (χ1n) is 38.7. The first-order valence-corrected chi connectivity index (χ1v) is 38.7. The fourth-order valence-electron chi connectivity index (χ4n) is 17.3. The summed E-state index contributed by atoms with van der Waals surface area (Å²) in [6.07, 6.45) is 7.01. The quantitative estimate of drug-likeness (QED) is 0.121. The maximum absolute atomic E-state index is 5.03. The molecule has 14 nitrogen and oxygen atoms in total. The van der Waals surface area contributed by atoms with Crippen molar-refractivity contribution in [3.05, 3.63) is 377 Å². The summed E-state index contributed by atoms with van der Waals surface area (Å²) in [6.45, 7) is 0.